The number of fused-ring (bicyclic) bond motifs is 1. The molecular formula is C14H13NS3. The van der Waals surface area contributed by atoms with E-state index in [0.29, 0.717) is 5.25 Å². The van der Waals surface area contributed by atoms with Crippen molar-refractivity contribution in [2.24, 2.45) is 0 Å². The molecule has 0 amide bonds. The normalized spacial score (nSPS) is 29.4. The van der Waals surface area contributed by atoms with Crippen molar-refractivity contribution in [3.63, 3.8) is 0 Å². The van der Waals surface area contributed by atoms with E-state index < -0.39 is 0 Å². The number of para-hydroxylation sites is 1. The van der Waals surface area contributed by atoms with Crippen LogP contribution in [0.4, 0.5) is 5.69 Å². The SMILES string of the molecule is c1csc(C2CC3(CS2)Nc2ccccc2S3)c1. The summed E-state index contributed by atoms with van der Waals surface area (Å²) in [6, 6.07) is 13.1. The molecule has 3 heterocycles. The molecule has 18 heavy (non-hydrogen) atoms. The first-order valence-electron chi connectivity index (χ1n) is 6.06. The molecular weight excluding hydrogens is 278 g/mol. The standard InChI is InChI=1S/C14H13NS3/c1-2-5-11-10(4-1)15-14(18-11)8-13(17-9-14)12-6-3-7-16-12/h1-7,13,15H,8-9H2. The van der Waals surface area contributed by atoms with E-state index in [4.69, 9.17) is 0 Å². The van der Waals surface area contributed by atoms with Gasteiger partial charge < -0.3 is 5.32 Å². The average Bonchev–Trinajstić information content (AvgIpc) is 3.08. The van der Waals surface area contributed by atoms with Crippen LogP contribution in [-0.2, 0) is 0 Å². The predicted molar refractivity (Wildman–Crippen MR) is 82.8 cm³/mol. The van der Waals surface area contributed by atoms with Crippen molar-refractivity contribution in [1.82, 2.24) is 0 Å². The van der Waals surface area contributed by atoms with Crippen LogP contribution in [0.15, 0.2) is 46.7 Å². The third-order valence-corrected chi connectivity index (χ3v) is 7.63. The first-order valence-corrected chi connectivity index (χ1v) is 8.80. The van der Waals surface area contributed by atoms with Crippen molar-refractivity contribution in [3.8, 4) is 0 Å². The molecule has 1 aromatic carbocycles. The molecule has 1 saturated heterocycles. The van der Waals surface area contributed by atoms with Crippen LogP contribution < -0.4 is 5.32 Å². The van der Waals surface area contributed by atoms with Crippen LogP contribution in [0.2, 0.25) is 0 Å². The Labute approximate surface area is 119 Å². The summed E-state index contributed by atoms with van der Waals surface area (Å²) in [5.41, 5.74) is 1.31. The summed E-state index contributed by atoms with van der Waals surface area (Å²) < 4.78 is 0. The molecule has 4 heteroatoms. The lowest BCUT2D eigenvalue weighted by atomic mass is 10.1. The summed E-state index contributed by atoms with van der Waals surface area (Å²) in [5, 5.41) is 6.60. The van der Waals surface area contributed by atoms with Gasteiger partial charge >= 0.3 is 0 Å². The van der Waals surface area contributed by atoms with Crippen molar-refractivity contribution < 1.29 is 0 Å². The van der Waals surface area contributed by atoms with Crippen molar-refractivity contribution in [2.45, 2.75) is 21.4 Å². The van der Waals surface area contributed by atoms with E-state index in [1.54, 1.807) is 0 Å². The Bertz CT molecular complexity index is 539. The summed E-state index contributed by atoms with van der Waals surface area (Å²) in [6.07, 6.45) is 1.22. The molecule has 1 spiro atoms. The molecule has 2 atom stereocenters. The van der Waals surface area contributed by atoms with Gasteiger partial charge in [-0.1, -0.05) is 30.0 Å². The summed E-state index contributed by atoms with van der Waals surface area (Å²) in [4.78, 5) is 3.16. The largest absolute Gasteiger partial charge is 0.369 e. The third kappa shape index (κ3) is 1.78. The lowest BCUT2D eigenvalue weighted by Gasteiger charge is -2.22. The topological polar surface area (TPSA) is 12.0 Å². The monoisotopic (exact) mass is 291 g/mol. The molecule has 92 valence electrons. The Hall–Kier alpha value is -0.580. The minimum absolute atomic E-state index is 0.225. The molecule has 1 fully saturated rings. The number of hydrogen-bond acceptors (Lipinski definition) is 4. The lowest BCUT2D eigenvalue weighted by Crippen LogP contribution is -2.30. The molecule has 2 aliphatic heterocycles. The van der Waals surface area contributed by atoms with E-state index in [1.165, 1.54) is 27.6 Å². The smallest absolute Gasteiger partial charge is 0.0986 e. The molecule has 1 aromatic heterocycles. The number of nitrogens with one attached hydrogen (secondary N) is 1. The highest BCUT2D eigenvalue weighted by Crippen LogP contribution is 2.58. The van der Waals surface area contributed by atoms with Crippen LogP contribution in [0.25, 0.3) is 0 Å². The van der Waals surface area contributed by atoms with E-state index in [2.05, 4.69) is 58.9 Å². The van der Waals surface area contributed by atoms with E-state index in [9.17, 15) is 0 Å². The number of rotatable bonds is 1. The zero-order chi connectivity index (χ0) is 12.0. The zero-order valence-corrected chi connectivity index (χ0v) is 12.2. The maximum absolute atomic E-state index is 3.75. The highest BCUT2D eigenvalue weighted by molar-refractivity contribution is 8.05. The van der Waals surface area contributed by atoms with E-state index in [1.807, 2.05) is 23.1 Å². The number of thioether (sulfide) groups is 2. The zero-order valence-electron chi connectivity index (χ0n) is 9.76. The van der Waals surface area contributed by atoms with Gasteiger partial charge in [0, 0.05) is 26.5 Å². The first-order chi connectivity index (χ1) is 8.85. The van der Waals surface area contributed by atoms with Crippen molar-refractivity contribution >= 4 is 40.5 Å². The Morgan fingerprint density at radius 1 is 1.17 bits per heavy atom. The molecule has 2 aliphatic rings. The van der Waals surface area contributed by atoms with Crippen LogP contribution in [0.1, 0.15) is 16.5 Å². The van der Waals surface area contributed by atoms with Gasteiger partial charge in [0.25, 0.3) is 0 Å². The second-order valence-corrected chi connectivity index (χ2v) is 8.33. The summed E-state index contributed by atoms with van der Waals surface area (Å²) in [5.74, 6) is 1.19. The van der Waals surface area contributed by atoms with Gasteiger partial charge in [-0.15, -0.1) is 23.1 Å². The average molecular weight is 291 g/mol. The Kier molecular flexibility index (Phi) is 2.64. The second-order valence-electron chi connectivity index (χ2n) is 4.74. The molecule has 0 saturated carbocycles. The van der Waals surface area contributed by atoms with Crippen molar-refractivity contribution in [2.75, 3.05) is 11.1 Å². The van der Waals surface area contributed by atoms with Crippen LogP contribution >= 0.6 is 34.9 Å². The lowest BCUT2D eigenvalue weighted by molar-refractivity contribution is 0.701. The minimum Gasteiger partial charge on any atom is -0.369 e. The molecule has 0 aliphatic carbocycles. The van der Waals surface area contributed by atoms with Gasteiger partial charge in [0.15, 0.2) is 0 Å². The van der Waals surface area contributed by atoms with E-state index in [0.717, 1.165) is 0 Å². The first kappa shape index (κ1) is 11.3. The van der Waals surface area contributed by atoms with Gasteiger partial charge in [-0.2, -0.15) is 0 Å². The summed E-state index contributed by atoms with van der Waals surface area (Å²) in [7, 11) is 0. The highest BCUT2D eigenvalue weighted by atomic mass is 32.2. The maximum Gasteiger partial charge on any atom is 0.0986 e. The predicted octanol–water partition coefficient (Wildman–Crippen LogP) is 4.84. The number of thiophene rings is 1. The Morgan fingerprint density at radius 2 is 2.11 bits per heavy atom. The molecule has 2 unspecified atom stereocenters. The summed E-state index contributed by atoms with van der Waals surface area (Å²) in [6.45, 7) is 0. The molecule has 1 N–H and O–H groups in total. The minimum atomic E-state index is 0.225. The number of anilines is 1. The van der Waals surface area contributed by atoms with Gasteiger partial charge in [0.05, 0.1) is 4.87 Å². The molecule has 2 aromatic rings. The van der Waals surface area contributed by atoms with Crippen molar-refractivity contribution in [3.05, 3.63) is 46.7 Å². The quantitative estimate of drug-likeness (QED) is 0.807. The van der Waals surface area contributed by atoms with Crippen LogP contribution in [0, 0.1) is 0 Å². The van der Waals surface area contributed by atoms with Crippen molar-refractivity contribution in [1.29, 1.82) is 0 Å². The van der Waals surface area contributed by atoms with Gasteiger partial charge in [0.1, 0.15) is 0 Å². The third-order valence-electron chi connectivity index (χ3n) is 3.45. The molecule has 4 rings (SSSR count). The van der Waals surface area contributed by atoms with Gasteiger partial charge in [-0.25, -0.2) is 0 Å². The van der Waals surface area contributed by atoms with Crippen LogP contribution in [-0.4, -0.2) is 10.6 Å². The Balaban J connectivity index is 1.59. The van der Waals surface area contributed by atoms with Crippen LogP contribution in [0.5, 0.6) is 0 Å². The van der Waals surface area contributed by atoms with Gasteiger partial charge in [-0.05, 0) is 30.0 Å². The molecule has 0 radical (unpaired) electrons. The Morgan fingerprint density at radius 3 is 2.94 bits per heavy atom. The van der Waals surface area contributed by atoms with E-state index >= 15 is 0 Å². The van der Waals surface area contributed by atoms with Gasteiger partial charge in [0.2, 0.25) is 0 Å². The molecule has 1 nitrogen and oxygen atoms in total. The fraction of sp³-hybridized carbons (Fsp3) is 0.286. The number of hydrogen-bond donors (Lipinski definition) is 1. The fourth-order valence-electron chi connectivity index (χ4n) is 2.61. The highest BCUT2D eigenvalue weighted by Gasteiger charge is 2.45. The maximum atomic E-state index is 3.75. The van der Waals surface area contributed by atoms with E-state index in [-0.39, 0.29) is 4.87 Å². The second kappa shape index (κ2) is 4.22. The van der Waals surface area contributed by atoms with Gasteiger partial charge in [-0.3, -0.25) is 0 Å². The fourth-order valence-corrected chi connectivity index (χ4v) is 6.74. The van der Waals surface area contributed by atoms with Crippen LogP contribution in [0.3, 0.4) is 0 Å². The number of benzene rings is 1. The molecule has 0 bridgehead atoms. The summed E-state index contributed by atoms with van der Waals surface area (Å²) >= 11 is 6.00.